The van der Waals surface area contributed by atoms with Gasteiger partial charge < -0.3 is 14.6 Å². The molecule has 1 aliphatic rings. The number of alkyl halides is 3. The molecule has 0 spiro atoms. The third-order valence-corrected chi connectivity index (χ3v) is 7.08. The summed E-state index contributed by atoms with van der Waals surface area (Å²) in [5.41, 5.74) is 13.6. The van der Waals surface area contributed by atoms with Crippen LogP contribution in [-0.4, -0.2) is 48.4 Å². The molecule has 0 aliphatic carbocycles. The van der Waals surface area contributed by atoms with Crippen LogP contribution >= 0.6 is 15.9 Å². The molecular weight excluding hydrogens is 633 g/mol. The second-order valence-electron chi connectivity index (χ2n) is 9.60. The maximum Gasteiger partial charge on any atom is 0.402 e. The highest BCUT2D eigenvalue weighted by atomic mass is 79.9. The van der Waals surface area contributed by atoms with Gasteiger partial charge in [0.15, 0.2) is 11.6 Å². The van der Waals surface area contributed by atoms with Crippen LogP contribution in [0.15, 0.2) is 87.4 Å². The molecule has 43 heavy (non-hydrogen) atoms. The van der Waals surface area contributed by atoms with E-state index in [0.717, 1.165) is 4.47 Å². The maximum atomic E-state index is 14.0. The first-order valence-electron chi connectivity index (χ1n) is 13.2. The van der Waals surface area contributed by atoms with Crippen molar-refractivity contribution in [2.45, 2.75) is 37.2 Å². The Morgan fingerprint density at radius 3 is 2.53 bits per heavy atom. The minimum absolute atomic E-state index is 0.00832. The Balaban J connectivity index is 1.81. The Labute approximate surface area is 253 Å². The lowest BCUT2D eigenvalue weighted by Gasteiger charge is -2.32. The smallest absolute Gasteiger partial charge is 0.402 e. The van der Waals surface area contributed by atoms with Crippen LogP contribution in [0.3, 0.4) is 0 Å². The first-order valence-corrected chi connectivity index (χ1v) is 14.0. The number of halogens is 4. The molecule has 0 fully saturated rings. The third kappa shape index (κ3) is 8.26. The van der Waals surface area contributed by atoms with Crippen LogP contribution in [0.25, 0.3) is 10.4 Å². The number of rotatable bonds is 13. The lowest BCUT2D eigenvalue weighted by Crippen LogP contribution is -2.55. The number of hydrogen-bond donors (Lipinski definition) is 3. The van der Waals surface area contributed by atoms with Crippen molar-refractivity contribution >= 4 is 27.7 Å². The highest BCUT2D eigenvalue weighted by Crippen LogP contribution is 2.44. The van der Waals surface area contributed by atoms with Crippen molar-refractivity contribution in [3.63, 3.8) is 0 Å². The fourth-order valence-electron chi connectivity index (χ4n) is 4.55. The number of nitrogens with one attached hydrogen (secondary N) is 2. The minimum Gasteiger partial charge on any atom is -0.494 e. The number of aliphatic hydroxyl groups is 1. The second-order valence-corrected chi connectivity index (χ2v) is 10.5. The Kier molecular flexibility index (Phi) is 10.6. The van der Waals surface area contributed by atoms with Crippen molar-refractivity contribution in [1.29, 1.82) is 0 Å². The van der Waals surface area contributed by atoms with Crippen LogP contribution < -0.4 is 15.6 Å². The largest absolute Gasteiger partial charge is 0.494 e. The average Bonchev–Trinajstić information content (AvgIpc) is 3.37. The molecule has 14 heteroatoms. The van der Waals surface area contributed by atoms with Gasteiger partial charge in [-0.25, -0.2) is 10.4 Å². The maximum absolute atomic E-state index is 14.0. The fourth-order valence-corrected chi connectivity index (χ4v) is 4.81. The van der Waals surface area contributed by atoms with E-state index < -0.39 is 30.3 Å². The SMILES string of the molecule is [N-]=[N+]=NCc1ccccc1[C@@H]1OC(c2ccc(OCCCO)cc2)=N[C@]1(Cc1ccc(Br)cc1)C(=O)NNCC(F)(F)F. The van der Waals surface area contributed by atoms with Gasteiger partial charge in [-0.05, 0) is 58.6 Å². The number of carbonyl (C=O) groups is 1. The van der Waals surface area contributed by atoms with Crippen LogP contribution in [0.2, 0.25) is 0 Å². The molecule has 3 aromatic carbocycles. The normalized spacial score (nSPS) is 17.9. The standard InChI is InChI=1S/C29H28BrF3N6O4/c30-22-10-6-19(7-11-22)16-28(27(41)38-36-18-29(31,32)33)25(24-5-2-1-4-21(24)17-35-39-34)43-26(37-28)20-8-12-23(13-9-20)42-15-3-14-40/h1-2,4-13,25,36,40H,3,14-18H2,(H,38,41)/t25-,28-/m0/s1. The summed E-state index contributed by atoms with van der Waals surface area (Å²) in [4.78, 5) is 21.6. The van der Waals surface area contributed by atoms with E-state index in [4.69, 9.17) is 25.1 Å². The molecule has 1 amide bonds. The number of nitrogens with zero attached hydrogens (tertiary/aromatic N) is 4. The number of amides is 1. The van der Waals surface area contributed by atoms with Crippen molar-refractivity contribution < 1.29 is 32.5 Å². The van der Waals surface area contributed by atoms with Gasteiger partial charge in [0.25, 0.3) is 5.91 Å². The molecule has 3 aromatic rings. The van der Waals surface area contributed by atoms with Crippen LogP contribution in [0.1, 0.15) is 34.8 Å². The zero-order valence-electron chi connectivity index (χ0n) is 22.7. The zero-order chi connectivity index (χ0) is 30.9. The average molecular weight is 661 g/mol. The molecule has 226 valence electrons. The van der Waals surface area contributed by atoms with E-state index >= 15 is 0 Å². The van der Waals surface area contributed by atoms with Gasteiger partial charge in [-0.3, -0.25) is 10.2 Å². The summed E-state index contributed by atoms with van der Waals surface area (Å²) in [5, 5.41) is 12.7. The van der Waals surface area contributed by atoms with Crippen molar-refractivity contribution in [2.24, 2.45) is 10.1 Å². The van der Waals surface area contributed by atoms with E-state index in [-0.39, 0.29) is 25.5 Å². The number of carbonyl (C=O) groups excluding carboxylic acids is 1. The van der Waals surface area contributed by atoms with Crippen molar-refractivity contribution in [1.82, 2.24) is 10.9 Å². The summed E-state index contributed by atoms with van der Waals surface area (Å²) >= 11 is 3.39. The van der Waals surface area contributed by atoms with Gasteiger partial charge in [0.05, 0.1) is 13.2 Å². The third-order valence-electron chi connectivity index (χ3n) is 6.55. The number of azide groups is 1. The molecule has 0 saturated carbocycles. The molecule has 1 aliphatic heterocycles. The van der Waals surface area contributed by atoms with Crippen LogP contribution in [-0.2, 0) is 22.5 Å². The molecular formula is C29H28BrF3N6O4. The van der Waals surface area contributed by atoms with Gasteiger partial charge in [0, 0.05) is 34.4 Å². The Bertz CT molecular complexity index is 1480. The summed E-state index contributed by atoms with van der Waals surface area (Å²) in [6.45, 7) is -1.20. The number of aliphatic hydroxyl groups excluding tert-OH is 1. The molecule has 1 heterocycles. The predicted octanol–water partition coefficient (Wildman–Crippen LogP) is 5.70. The topological polar surface area (TPSA) is 141 Å². The molecule has 10 nitrogen and oxygen atoms in total. The van der Waals surface area contributed by atoms with Gasteiger partial charge in [0.1, 0.15) is 12.3 Å². The highest BCUT2D eigenvalue weighted by molar-refractivity contribution is 9.10. The van der Waals surface area contributed by atoms with E-state index in [2.05, 4.69) is 31.4 Å². The van der Waals surface area contributed by atoms with Crippen LogP contribution in [0, 0.1) is 0 Å². The van der Waals surface area contributed by atoms with Gasteiger partial charge in [-0.2, -0.15) is 13.2 Å². The van der Waals surface area contributed by atoms with E-state index in [1.54, 1.807) is 72.8 Å². The fraction of sp³-hybridized carbons (Fsp3) is 0.310. The van der Waals surface area contributed by atoms with E-state index in [9.17, 15) is 18.0 Å². The van der Waals surface area contributed by atoms with Gasteiger partial charge in [0.2, 0.25) is 5.90 Å². The lowest BCUT2D eigenvalue weighted by atomic mass is 9.81. The zero-order valence-corrected chi connectivity index (χ0v) is 24.3. The van der Waals surface area contributed by atoms with E-state index in [1.165, 1.54) is 0 Å². The van der Waals surface area contributed by atoms with Gasteiger partial charge in [-0.1, -0.05) is 57.4 Å². The van der Waals surface area contributed by atoms with Crippen LogP contribution in [0.5, 0.6) is 5.75 Å². The molecule has 2 atom stereocenters. The molecule has 4 rings (SSSR count). The van der Waals surface area contributed by atoms with Crippen LogP contribution in [0.4, 0.5) is 13.2 Å². The molecule has 0 aromatic heterocycles. The predicted molar refractivity (Wildman–Crippen MR) is 156 cm³/mol. The summed E-state index contributed by atoms with van der Waals surface area (Å²) < 4.78 is 51.7. The summed E-state index contributed by atoms with van der Waals surface area (Å²) in [6, 6.07) is 20.7. The molecule has 0 bridgehead atoms. The lowest BCUT2D eigenvalue weighted by molar-refractivity contribution is -0.136. The first-order chi connectivity index (χ1) is 20.6. The molecule has 0 saturated heterocycles. The van der Waals surface area contributed by atoms with E-state index in [0.29, 0.717) is 41.0 Å². The molecule has 0 unspecified atom stereocenters. The molecule has 0 radical (unpaired) electrons. The van der Waals surface area contributed by atoms with E-state index in [1.807, 2.05) is 5.43 Å². The second kappa shape index (κ2) is 14.4. The minimum atomic E-state index is -4.57. The number of hydrogen-bond acceptors (Lipinski definition) is 7. The Hall–Kier alpha value is -4.10. The Morgan fingerprint density at radius 1 is 1.14 bits per heavy atom. The highest BCUT2D eigenvalue weighted by Gasteiger charge is 2.54. The van der Waals surface area contributed by atoms with Crippen molar-refractivity contribution in [3.05, 3.63) is 110 Å². The quantitative estimate of drug-likeness (QED) is 0.0709. The summed E-state index contributed by atoms with van der Waals surface area (Å²) in [5.74, 6) is -0.210. The summed E-state index contributed by atoms with van der Waals surface area (Å²) in [6.07, 6.45) is -5.25. The number of hydrazine groups is 1. The van der Waals surface area contributed by atoms with Crippen molar-refractivity contribution in [3.8, 4) is 5.75 Å². The summed E-state index contributed by atoms with van der Waals surface area (Å²) in [7, 11) is 0. The monoisotopic (exact) mass is 660 g/mol. The van der Waals surface area contributed by atoms with Crippen molar-refractivity contribution in [2.75, 3.05) is 19.8 Å². The van der Waals surface area contributed by atoms with Gasteiger partial charge >= 0.3 is 6.18 Å². The number of ether oxygens (including phenoxy) is 2. The number of benzene rings is 3. The first kappa shape index (κ1) is 31.8. The van der Waals surface area contributed by atoms with Gasteiger partial charge in [-0.15, -0.1) is 0 Å². The number of aliphatic imine (C=N–C) groups is 1. The Morgan fingerprint density at radius 2 is 1.86 bits per heavy atom. The molecule has 3 N–H and O–H groups in total.